The molecule has 0 bridgehead atoms. The quantitative estimate of drug-likeness (QED) is 0.487. The molecule has 0 radical (unpaired) electrons. The molecule has 2 heterocycles. The molecular weight excluding hydrogens is 387 g/mol. The minimum Gasteiger partial charge on any atom is -0.374 e. The minimum absolute atomic E-state index is 0.0677. The van der Waals surface area contributed by atoms with Gasteiger partial charge in [-0.1, -0.05) is 0 Å². The smallest absolute Gasteiger partial charge is 0.374 e. The van der Waals surface area contributed by atoms with E-state index in [4.69, 9.17) is 4.74 Å². The maximum atomic E-state index is 12.6. The second-order valence-electron chi connectivity index (χ2n) is 6.88. The Balaban J connectivity index is 1.72. The molecule has 0 saturated carbocycles. The second kappa shape index (κ2) is 9.39. The van der Waals surface area contributed by atoms with E-state index in [1.165, 1.54) is 0 Å². The highest BCUT2D eigenvalue weighted by atomic mass is 32.2. The van der Waals surface area contributed by atoms with E-state index < -0.39 is 15.5 Å². The summed E-state index contributed by atoms with van der Waals surface area (Å²) in [4.78, 5) is 6.32. The van der Waals surface area contributed by atoms with Crippen LogP contribution >= 0.6 is 0 Å². The van der Waals surface area contributed by atoms with Crippen molar-refractivity contribution in [2.24, 2.45) is 10.9 Å². The van der Waals surface area contributed by atoms with E-state index in [0.29, 0.717) is 42.8 Å². The van der Waals surface area contributed by atoms with Crippen molar-refractivity contribution in [3.63, 3.8) is 0 Å². The monoisotopic (exact) mass is 415 g/mol. The number of rotatable bonds is 5. The van der Waals surface area contributed by atoms with Crippen LogP contribution in [0.1, 0.15) is 12.8 Å². The molecule has 2 aliphatic heterocycles. The number of hydrogen-bond acceptors (Lipinski definition) is 5. The first-order valence-corrected chi connectivity index (χ1v) is 10.4. The molecule has 2 aliphatic rings. The van der Waals surface area contributed by atoms with Crippen molar-refractivity contribution in [3.05, 3.63) is 0 Å². The molecule has 0 aromatic rings. The number of ether oxygens (including phenoxy) is 1. The number of halogens is 3. The van der Waals surface area contributed by atoms with Gasteiger partial charge in [-0.3, -0.25) is 4.99 Å². The van der Waals surface area contributed by atoms with Gasteiger partial charge in [0, 0.05) is 46.3 Å². The zero-order valence-corrected chi connectivity index (χ0v) is 16.4. The first kappa shape index (κ1) is 22.2. The lowest BCUT2D eigenvalue weighted by atomic mass is 9.98. The van der Waals surface area contributed by atoms with E-state index >= 15 is 0 Å². The van der Waals surface area contributed by atoms with E-state index in [1.54, 1.807) is 7.05 Å². The zero-order chi connectivity index (χ0) is 20.1. The average Bonchev–Trinajstić information content (AvgIpc) is 2.61. The Morgan fingerprint density at radius 1 is 1.19 bits per heavy atom. The van der Waals surface area contributed by atoms with Gasteiger partial charge in [0.25, 0.3) is 0 Å². The van der Waals surface area contributed by atoms with Gasteiger partial charge in [0.2, 0.25) is 0 Å². The maximum absolute atomic E-state index is 12.6. The topological polar surface area (TPSA) is 86.3 Å². The molecule has 12 heteroatoms. The fraction of sp³-hybridized carbons (Fsp3) is 0.933. The summed E-state index contributed by atoms with van der Waals surface area (Å²) in [6.07, 6.45) is 0.809. The molecule has 0 amide bonds. The number of guanidine groups is 1. The highest BCUT2D eigenvalue weighted by Crippen LogP contribution is 2.30. The van der Waals surface area contributed by atoms with Gasteiger partial charge in [-0.05, 0) is 25.8 Å². The number of morpholine rings is 1. The van der Waals surface area contributed by atoms with Gasteiger partial charge in [0.05, 0.1) is 12.7 Å². The Kier molecular flexibility index (Phi) is 7.72. The lowest BCUT2D eigenvalue weighted by Crippen LogP contribution is -2.50. The highest BCUT2D eigenvalue weighted by molar-refractivity contribution is 7.90. The standard InChI is InChI=1S/C15H28F3N5O3S/c1-19-14(21-10-13-11-22(2)7-8-26-13)20-9-12-3-5-23(6-4-12)27(24,25)15(16,17)18/h12-13H,3-11H2,1-2H3,(H2,19,20,21). The molecule has 2 saturated heterocycles. The fourth-order valence-corrected chi connectivity index (χ4v) is 4.15. The van der Waals surface area contributed by atoms with Gasteiger partial charge in [-0.15, -0.1) is 0 Å². The number of nitrogens with one attached hydrogen (secondary N) is 2. The molecule has 27 heavy (non-hydrogen) atoms. The Labute approximate surface area is 158 Å². The number of aliphatic imine (C=N–C) groups is 1. The van der Waals surface area contributed by atoms with E-state index in [9.17, 15) is 21.6 Å². The van der Waals surface area contributed by atoms with E-state index in [2.05, 4.69) is 20.5 Å². The Bertz CT molecular complexity index is 606. The van der Waals surface area contributed by atoms with Crippen LogP contribution in [-0.2, 0) is 14.8 Å². The van der Waals surface area contributed by atoms with E-state index in [-0.39, 0.29) is 25.1 Å². The SMILES string of the molecule is CN=C(NCC1CCN(S(=O)(=O)C(F)(F)F)CC1)NCC1CN(C)CCO1. The molecule has 0 spiro atoms. The van der Waals surface area contributed by atoms with Crippen molar-refractivity contribution >= 4 is 16.0 Å². The number of likely N-dealkylation sites (N-methyl/N-ethyl adjacent to an activating group) is 1. The third-order valence-corrected chi connectivity index (χ3v) is 6.46. The molecular formula is C15H28F3N5O3S. The summed E-state index contributed by atoms with van der Waals surface area (Å²) in [5.41, 5.74) is -5.24. The fourth-order valence-electron chi connectivity index (χ4n) is 3.16. The minimum atomic E-state index is -5.24. The van der Waals surface area contributed by atoms with Crippen LogP contribution in [0.5, 0.6) is 0 Å². The van der Waals surface area contributed by atoms with Crippen LogP contribution in [0.3, 0.4) is 0 Å². The van der Waals surface area contributed by atoms with Crippen molar-refractivity contribution in [1.29, 1.82) is 0 Å². The maximum Gasteiger partial charge on any atom is 0.511 e. The van der Waals surface area contributed by atoms with Crippen molar-refractivity contribution in [3.8, 4) is 0 Å². The summed E-state index contributed by atoms with van der Waals surface area (Å²) in [5, 5.41) is 6.34. The lowest BCUT2D eigenvalue weighted by Gasteiger charge is -2.32. The predicted molar refractivity (Wildman–Crippen MR) is 95.9 cm³/mol. The van der Waals surface area contributed by atoms with Crippen LogP contribution in [0.15, 0.2) is 4.99 Å². The summed E-state index contributed by atoms with van der Waals surface area (Å²) in [5.74, 6) is 0.678. The van der Waals surface area contributed by atoms with Gasteiger partial charge < -0.3 is 20.3 Å². The largest absolute Gasteiger partial charge is 0.511 e. The summed E-state index contributed by atoms with van der Waals surface area (Å²) in [6.45, 7) is 3.30. The molecule has 2 fully saturated rings. The van der Waals surface area contributed by atoms with Gasteiger partial charge in [-0.25, -0.2) is 8.42 Å². The molecule has 0 aliphatic carbocycles. The van der Waals surface area contributed by atoms with Crippen molar-refractivity contribution in [1.82, 2.24) is 19.8 Å². The average molecular weight is 415 g/mol. The molecule has 0 aromatic heterocycles. The number of alkyl halides is 3. The third-order valence-electron chi connectivity index (χ3n) is 4.83. The molecule has 2 N–H and O–H groups in total. The Morgan fingerprint density at radius 3 is 2.37 bits per heavy atom. The molecule has 8 nitrogen and oxygen atoms in total. The van der Waals surface area contributed by atoms with Crippen LogP contribution in [0.2, 0.25) is 0 Å². The van der Waals surface area contributed by atoms with Crippen LogP contribution in [-0.4, -0.2) is 95.2 Å². The molecule has 1 unspecified atom stereocenters. The number of piperidine rings is 1. The summed E-state index contributed by atoms with van der Waals surface area (Å²) >= 11 is 0. The normalized spacial score (nSPS) is 24.8. The van der Waals surface area contributed by atoms with Gasteiger partial charge >= 0.3 is 15.5 Å². The number of nitrogens with zero attached hydrogens (tertiary/aromatic N) is 3. The summed E-state index contributed by atoms with van der Waals surface area (Å²) < 4.78 is 66.8. The molecule has 1 atom stereocenters. The van der Waals surface area contributed by atoms with E-state index in [0.717, 1.165) is 13.1 Å². The number of hydrogen-bond donors (Lipinski definition) is 2. The zero-order valence-electron chi connectivity index (χ0n) is 15.6. The number of sulfonamides is 1. The van der Waals surface area contributed by atoms with Gasteiger partial charge in [0.1, 0.15) is 0 Å². The first-order chi connectivity index (χ1) is 12.6. The van der Waals surface area contributed by atoms with Gasteiger partial charge in [-0.2, -0.15) is 17.5 Å². The first-order valence-electron chi connectivity index (χ1n) is 8.94. The Morgan fingerprint density at radius 2 is 1.81 bits per heavy atom. The summed E-state index contributed by atoms with van der Waals surface area (Å²) in [6, 6.07) is 0. The molecule has 0 aromatic carbocycles. The molecule has 2 rings (SSSR count). The second-order valence-corrected chi connectivity index (χ2v) is 8.81. The van der Waals surface area contributed by atoms with E-state index in [1.807, 2.05) is 7.05 Å². The summed E-state index contributed by atoms with van der Waals surface area (Å²) in [7, 11) is -1.55. The molecule has 158 valence electrons. The van der Waals surface area contributed by atoms with Crippen molar-refractivity contribution < 1.29 is 26.3 Å². The lowest BCUT2D eigenvalue weighted by molar-refractivity contribution is -0.0496. The van der Waals surface area contributed by atoms with Crippen molar-refractivity contribution in [2.75, 3.05) is 60.0 Å². The Hall–Kier alpha value is -1.11. The van der Waals surface area contributed by atoms with Crippen LogP contribution in [0, 0.1) is 5.92 Å². The predicted octanol–water partition coefficient (Wildman–Crippen LogP) is 0.0436. The van der Waals surface area contributed by atoms with Crippen LogP contribution in [0.25, 0.3) is 0 Å². The third kappa shape index (κ3) is 6.19. The van der Waals surface area contributed by atoms with Crippen LogP contribution < -0.4 is 10.6 Å². The van der Waals surface area contributed by atoms with Crippen LogP contribution in [0.4, 0.5) is 13.2 Å². The van der Waals surface area contributed by atoms with Crippen molar-refractivity contribution in [2.45, 2.75) is 24.5 Å². The highest BCUT2D eigenvalue weighted by Gasteiger charge is 2.50. The van der Waals surface area contributed by atoms with Gasteiger partial charge in [0.15, 0.2) is 5.96 Å².